The van der Waals surface area contributed by atoms with Gasteiger partial charge in [-0.25, -0.2) is 4.79 Å². The molecule has 0 unspecified atom stereocenters. The molecule has 136 valence electrons. The van der Waals surface area contributed by atoms with Crippen LogP contribution < -0.4 is 10.6 Å². The van der Waals surface area contributed by atoms with Gasteiger partial charge >= 0.3 is 6.03 Å². The van der Waals surface area contributed by atoms with E-state index in [0.717, 1.165) is 19.4 Å². The van der Waals surface area contributed by atoms with Gasteiger partial charge < -0.3 is 15.5 Å². The summed E-state index contributed by atoms with van der Waals surface area (Å²) in [6.07, 6.45) is 7.80. The molecule has 1 aliphatic carbocycles. The van der Waals surface area contributed by atoms with Crippen LogP contribution in [0.1, 0.15) is 44.9 Å². The Hall–Kier alpha value is -1.75. The summed E-state index contributed by atoms with van der Waals surface area (Å²) in [5, 5.41) is 6.48. The first kappa shape index (κ1) is 18.1. The van der Waals surface area contributed by atoms with Gasteiger partial charge in [-0.3, -0.25) is 4.79 Å². The second-order valence-electron chi connectivity index (χ2n) is 7.04. The fourth-order valence-electron chi connectivity index (χ4n) is 3.80. The van der Waals surface area contributed by atoms with Gasteiger partial charge in [-0.05, 0) is 49.8 Å². The molecule has 3 amide bonds. The summed E-state index contributed by atoms with van der Waals surface area (Å²) in [6.45, 7) is 1.34. The van der Waals surface area contributed by atoms with Crippen LogP contribution in [0.3, 0.4) is 0 Å². The van der Waals surface area contributed by atoms with Crippen LogP contribution >= 0.6 is 11.6 Å². The second-order valence-corrected chi connectivity index (χ2v) is 7.48. The smallest absolute Gasteiger partial charge is 0.322 e. The van der Waals surface area contributed by atoms with Gasteiger partial charge in [-0.15, -0.1) is 0 Å². The topological polar surface area (TPSA) is 61.4 Å². The molecular weight excluding hydrogens is 338 g/mol. The van der Waals surface area contributed by atoms with E-state index < -0.39 is 0 Å². The van der Waals surface area contributed by atoms with Gasteiger partial charge in [0.2, 0.25) is 5.91 Å². The van der Waals surface area contributed by atoms with E-state index in [1.165, 1.54) is 32.1 Å². The summed E-state index contributed by atoms with van der Waals surface area (Å²) in [6, 6.07) is 6.43. The Morgan fingerprint density at radius 2 is 1.92 bits per heavy atom. The lowest BCUT2D eigenvalue weighted by molar-refractivity contribution is -0.124. The van der Waals surface area contributed by atoms with Crippen molar-refractivity contribution in [1.82, 2.24) is 10.2 Å². The number of likely N-dealkylation sites (tertiary alicyclic amines) is 1. The summed E-state index contributed by atoms with van der Waals surface area (Å²) in [4.78, 5) is 26.7. The third kappa shape index (κ3) is 4.88. The minimum atomic E-state index is -0.372. The van der Waals surface area contributed by atoms with Crippen molar-refractivity contribution in [2.45, 2.75) is 51.0 Å². The number of carbonyl (C=O) groups excluding carboxylic acids is 2. The van der Waals surface area contributed by atoms with Crippen molar-refractivity contribution in [3.05, 3.63) is 29.3 Å². The molecule has 1 aromatic carbocycles. The quantitative estimate of drug-likeness (QED) is 0.848. The maximum atomic E-state index is 12.6. The van der Waals surface area contributed by atoms with Gasteiger partial charge in [0.1, 0.15) is 6.04 Å². The van der Waals surface area contributed by atoms with E-state index >= 15 is 0 Å². The Morgan fingerprint density at radius 1 is 1.12 bits per heavy atom. The number of urea groups is 1. The van der Waals surface area contributed by atoms with E-state index in [1.54, 1.807) is 29.2 Å². The number of rotatable bonds is 4. The summed E-state index contributed by atoms with van der Waals surface area (Å²) in [5.41, 5.74) is 0.644. The maximum absolute atomic E-state index is 12.6. The van der Waals surface area contributed by atoms with Crippen LogP contribution in [0, 0.1) is 5.92 Å². The largest absolute Gasteiger partial charge is 0.354 e. The van der Waals surface area contributed by atoms with Crippen molar-refractivity contribution in [3.63, 3.8) is 0 Å². The van der Waals surface area contributed by atoms with E-state index in [9.17, 15) is 9.59 Å². The molecule has 1 atom stereocenters. The van der Waals surface area contributed by atoms with Gasteiger partial charge in [-0.1, -0.05) is 36.9 Å². The van der Waals surface area contributed by atoms with Crippen LogP contribution in [0.25, 0.3) is 0 Å². The third-order valence-electron chi connectivity index (χ3n) is 5.18. The predicted molar refractivity (Wildman–Crippen MR) is 99.8 cm³/mol. The number of hydrogen-bond donors (Lipinski definition) is 2. The first-order valence-corrected chi connectivity index (χ1v) is 9.62. The fourth-order valence-corrected chi connectivity index (χ4v) is 3.99. The van der Waals surface area contributed by atoms with Crippen LogP contribution in [0.15, 0.2) is 24.3 Å². The van der Waals surface area contributed by atoms with Gasteiger partial charge in [0.15, 0.2) is 0 Å². The minimum Gasteiger partial charge on any atom is -0.354 e. The highest BCUT2D eigenvalue weighted by molar-refractivity contribution is 6.30. The molecule has 0 spiro atoms. The molecule has 6 heteroatoms. The monoisotopic (exact) mass is 363 g/mol. The van der Waals surface area contributed by atoms with E-state index in [2.05, 4.69) is 10.6 Å². The van der Waals surface area contributed by atoms with E-state index in [0.29, 0.717) is 23.2 Å². The molecule has 3 rings (SSSR count). The number of carbonyl (C=O) groups is 2. The maximum Gasteiger partial charge on any atom is 0.322 e. The number of halogens is 1. The standard InChI is InChI=1S/C19H26ClN3O2/c20-15-8-4-9-16(12-15)22-19(25)23-11-5-10-17(23)18(24)21-13-14-6-2-1-3-7-14/h4,8-9,12,14,17H,1-3,5-7,10-11,13H2,(H,21,24)(H,22,25)/t17-/m1/s1. The molecule has 2 fully saturated rings. The number of anilines is 1. The van der Waals surface area contributed by atoms with Crippen LogP contribution in [0.5, 0.6) is 0 Å². The first-order valence-electron chi connectivity index (χ1n) is 9.24. The van der Waals surface area contributed by atoms with Crippen molar-refractivity contribution < 1.29 is 9.59 Å². The molecule has 1 heterocycles. The summed E-state index contributed by atoms with van der Waals surface area (Å²) < 4.78 is 0. The van der Waals surface area contributed by atoms with Gasteiger partial charge in [0.25, 0.3) is 0 Å². The normalized spacial score (nSPS) is 21.2. The average Bonchev–Trinajstić information content (AvgIpc) is 3.10. The Kier molecular flexibility index (Phi) is 6.19. The third-order valence-corrected chi connectivity index (χ3v) is 5.42. The van der Waals surface area contributed by atoms with Gasteiger partial charge in [-0.2, -0.15) is 0 Å². The second kappa shape index (κ2) is 8.56. The molecule has 0 aromatic heterocycles. The van der Waals surface area contributed by atoms with Crippen molar-refractivity contribution in [2.24, 2.45) is 5.92 Å². The Bertz CT molecular complexity index is 616. The molecule has 1 saturated heterocycles. The van der Waals surface area contributed by atoms with Gasteiger partial charge in [0, 0.05) is 23.8 Å². The molecule has 1 aliphatic heterocycles. The highest BCUT2D eigenvalue weighted by Crippen LogP contribution is 2.24. The summed E-state index contributed by atoms with van der Waals surface area (Å²) >= 11 is 5.95. The van der Waals surface area contributed by atoms with Gasteiger partial charge in [0.05, 0.1) is 0 Å². The van der Waals surface area contributed by atoms with E-state index in [1.807, 2.05) is 0 Å². The lowest BCUT2D eigenvalue weighted by Gasteiger charge is -2.26. The minimum absolute atomic E-state index is 0.0238. The number of nitrogens with zero attached hydrogens (tertiary/aromatic N) is 1. The molecule has 0 radical (unpaired) electrons. The molecule has 0 bridgehead atoms. The van der Waals surface area contributed by atoms with Crippen molar-refractivity contribution in [2.75, 3.05) is 18.4 Å². The highest BCUT2D eigenvalue weighted by atomic mass is 35.5. The zero-order valence-electron chi connectivity index (χ0n) is 14.5. The Labute approximate surface area is 154 Å². The molecule has 2 N–H and O–H groups in total. The average molecular weight is 364 g/mol. The number of nitrogens with one attached hydrogen (secondary N) is 2. The summed E-state index contributed by atoms with van der Waals surface area (Å²) in [7, 11) is 0. The summed E-state index contributed by atoms with van der Waals surface area (Å²) in [5.74, 6) is 0.567. The van der Waals surface area contributed by atoms with Crippen LogP contribution in [0.4, 0.5) is 10.5 Å². The Balaban J connectivity index is 1.53. The Morgan fingerprint density at radius 3 is 2.68 bits per heavy atom. The highest BCUT2D eigenvalue weighted by Gasteiger charge is 2.34. The van der Waals surface area contributed by atoms with Crippen molar-refractivity contribution in [1.29, 1.82) is 0 Å². The number of hydrogen-bond acceptors (Lipinski definition) is 2. The first-order chi connectivity index (χ1) is 12.1. The zero-order valence-corrected chi connectivity index (χ0v) is 15.2. The van der Waals surface area contributed by atoms with Crippen LogP contribution in [-0.2, 0) is 4.79 Å². The molecule has 5 nitrogen and oxygen atoms in total. The van der Waals surface area contributed by atoms with Crippen LogP contribution in [0.2, 0.25) is 5.02 Å². The SMILES string of the molecule is O=C(NCC1CCCCC1)[C@H]1CCCN1C(=O)Nc1cccc(Cl)c1. The molecule has 1 aromatic rings. The number of benzene rings is 1. The molecule has 1 saturated carbocycles. The lowest BCUT2D eigenvalue weighted by atomic mass is 9.89. The molecule has 25 heavy (non-hydrogen) atoms. The predicted octanol–water partition coefficient (Wildman–Crippen LogP) is 4.03. The fraction of sp³-hybridized carbons (Fsp3) is 0.579. The zero-order chi connectivity index (χ0) is 17.6. The lowest BCUT2D eigenvalue weighted by Crippen LogP contribution is -2.48. The van der Waals surface area contributed by atoms with E-state index in [-0.39, 0.29) is 18.0 Å². The molecular formula is C19H26ClN3O2. The van der Waals surface area contributed by atoms with Crippen molar-refractivity contribution in [3.8, 4) is 0 Å². The van der Waals surface area contributed by atoms with Crippen molar-refractivity contribution >= 4 is 29.2 Å². The van der Waals surface area contributed by atoms with Crippen LogP contribution in [-0.4, -0.2) is 36.0 Å². The van der Waals surface area contributed by atoms with E-state index in [4.69, 9.17) is 11.6 Å². The molecule has 2 aliphatic rings. The number of amides is 3.